The monoisotopic (exact) mass is 1350 g/mol. The summed E-state index contributed by atoms with van der Waals surface area (Å²) in [5.74, 6) is -10.3. The highest BCUT2D eigenvalue weighted by Crippen LogP contribution is 2.22. The third-order valence-corrected chi connectivity index (χ3v) is 16.2. The molecule has 1 fully saturated rings. The maximum Gasteiger partial charge on any atom is 0.251 e. The summed E-state index contributed by atoms with van der Waals surface area (Å²) in [6.45, 7) is 1.01. The van der Waals surface area contributed by atoms with Crippen LogP contribution in [0.15, 0.2) is 140 Å². The summed E-state index contributed by atoms with van der Waals surface area (Å²) in [6, 6.07) is 25.7. The van der Waals surface area contributed by atoms with Crippen LogP contribution < -0.4 is 87.2 Å². The highest BCUT2D eigenvalue weighted by atomic mass is 16.3. The highest BCUT2D eigenvalue weighted by molar-refractivity contribution is 6.01. The molecule has 29 nitrogen and oxygen atoms in total. The van der Waals surface area contributed by atoms with Gasteiger partial charge in [0.2, 0.25) is 59.1 Å². The Balaban J connectivity index is 1.32. The molecule has 0 aliphatic carbocycles. The highest BCUT2D eigenvalue weighted by Gasteiger charge is 2.38. The Hall–Kier alpha value is -10.0. The molecule has 11 amide bonds. The number of nitrogens with one attached hydrogen (secondary N) is 11. The fourth-order valence-electron chi connectivity index (χ4n) is 10.8. The average Bonchev–Trinajstić information content (AvgIpc) is 0.904. The Morgan fingerprint density at radius 2 is 0.837 bits per heavy atom. The molecule has 0 radical (unpaired) electrons. The van der Waals surface area contributed by atoms with Gasteiger partial charge in [0.1, 0.15) is 60.4 Å². The smallest absolute Gasteiger partial charge is 0.251 e. The number of hydrogen-bond donors (Lipinski definition) is 18. The number of carbonyl (C=O) groups is 11. The van der Waals surface area contributed by atoms with Gasteiger partial charge in [0.05, 0.1) is 12.2 Å². The van der Waals surface area contributed by atoms with Gasteiger partial charge in [-0.2, -0.15) is 0 Å². The molecule has 0 spiro atoms. The molecule has 1 aliphatic heterocycles. The molecule has 6 rings (SSSR count). The molecule has 0 aromatic heterocycles. The third kappa shape index (κ3) is 23.4. The quantitative estimate of drug-likeness (QED) is 0.0262. The van der Waals surface area contributed by atoms with E-state index in [0.717, 1.165) is 22.3 Å². The first-order chi connectivity index (χ1) is 47.1. The second kappa shape index (κ2) is 39.3. The number of aliphatic hydroxyl groups is 2. The standard InChI is InChI=1S/C69H92N16O13/c1-40(86)57-68(97)75-37-31-54(80-61(90)51(28-34-72)81-69(98)58(41(2)87)85-64(93)52(29-35-73)76-59(88)48-24-22-47(23-25-48)45-16-10-5-11-17-45)63(92)77-50(27-33-71)62(91)82-56(39-43-18-20-46(21-19-43)44-14-8-4-9-15-44)67(96)83-55(38-42-12-6-3-7-13-42)66(95)79-49(26-32-70)60(89)78-53(30-36-74)65(94)84-57/h3-25,40-41,49-58,86-87H,26-39,70-74H2,1-2H3,(H,75,97)(H,76,88)(H,77,92)(H,78,89)(H,79,95)(H,80,90)(H,81,98)(H,82,91)(H,83,96)(H,84,94)(H,85,93)/t40-,41-,49+,50+,51+,52+,53+,54+,55+,56-,57+,58+/m1/s1. The molecule has 526 valence electrons. The van der Waals surface area contributed by atoms with Crippen LogP contribution >= 0.6 is 0 Å². The van der Waals surface area contributed by atoms with Crippen molar-refractivity contribution in [1.29, 1.82) is 0 Å². The van der Waals surface area contributed by atoms with Crippen LogP contribution in [0.3, 0.4) is 0 Å². The van der Waals surface area contributed by atoms with Gasteiger partial charge >= 0.3 is 0 Å². The molecule has 98 heavy (non-hydrogen) atoms. The van der Waals surface area contributed by atoms with Crippen molar-refractivity contribution in [2.45, 2.75) is 138 Å². The van der Waals surface area contributed by atoms with Crippen molar-refractivity contribution in [2.75, 3.05) is 39.3 Å². The number of amides is 11. The molecule has 0 unspecified atom stereocenters. The van der Waals surface area contributed by atoms with Crippen LogP contribution in [0, 0.1) is 0 Å². The number of aliphatic hydroxyl groups excluding tert-OH is 2. The van der Waals surface area contributed by atoms with E-state index in [1.165, 1.54) is 13.8 Å². The first-order valence-electron chi connectivity index (χ1n) is 32.6. The lowest BCUT2D eigenvalue weighted by Gasteiger charge is -2.28. The summed E-state index contributed by atoms with van der Waals surface area (Å²) >= 11 is 0. The zero-order chi connectivity index (χ0) is 71.3. The Labute approximate surface area is 568 Å². The Kier molecular flexibility index (Phi) is 30.9. The fraction of sp³-hybridized carbons (Fsp3) is 0.406. The predicted octanol–water partition coefficient (Wildman–Crippen LogP) is -3.01. The number of rotatable bonds is 26. The van der Waals surface area contributed by atoms with E-state index in [1.807, 2.05) is 72.8 Å². The van der Waals surface area contributed by atoms with Gasteiger partial charge in [-0.3, -0.25) is 52.7 Å². The van der Waals surface area contributed by atoms with Crippen molar-refractivity contribution in [2.24, 2.45) is 28.7 Å². The molecule has 0 saturated carbocycles. The predicted molar refractivity (Wildman–Crippen MR) is 366 cm³/mol. The molecule has 0 bridgehead atoms. The average molecular weight is 1350 g/mol. The van der Waals surface area contributed by atoms with Crippen LogP contribution in [0.2, 0.25) is 0 Å². The lowest BCUT2D eigenvalue weighted by Crippen LogP contribution is -2.62. The summed E-state index contributed by atoms with van der Waals surface area (Å²) in [4.78, 5) is 157. The first kappa shape index (κ1) is 77.0. The van der Waals surface area contributed by atoms with Gasteiger partial charge in [-0.1, -0.05) is 127 Å². The van der Waals surface area contributed by atoms with E-state index in [-0.39, 0.29) is 83.2 Å². The van der Waals surface area contributed by atoms with E-state index in [4.69, 9.17) is 28.7 Å². The van der Waals surface area contributed by atoms with Crippen LogP contribution in [0.25, 0.3) is 22.3 Å². The third-order valence-electron chi connectivity index (χ3n) is 16.2. The first-order valence-corrected chi connectivity index (χ1v) is 32.6. The van der Waals surface area contributed by atoms with Gasteiger partial charge in [0.15, 0.2) is 0 Å². The molecule has 5 aromatic rings. The van der Waals surface area contributed by atoms with Crippen molar-refractivity contribution < 1.29 is 63.0 Å². The van der Waals surface area contributed by atoms with Gasteiger partial charge in [-0.25, -0.2) is 0 Å². The molecule has 1 aliphatic rings. The van der Waals surface area contributed by atoms with E-state index in [2.05, 4.69) is 58.5 Å². The lowest BCUT2D eigenvalue weighted by molar-refractivity contribution is -0.136. The molecule has 12 atom stereocenters. The van der Waals surface area contributed by atoms with Crippen LogP contribution in [-0.4, -0.2) is 187 Å². The Bertz CT molecular complexity index is 3460. The Morgan fingerprint density at radius 1 is 0.439 bits per heavy atom. The number of hydrogen-bond acceptors (Lipinski definition) is 18. The molecule has 23 N–H and O–H groups in total. The molecule has 1 saturated heterocycles. The van der Waals surface area contributed by atoms with Crippen molar-refractivity contribution in [3.63, 3.8) is 0 Å². The van der Waals surface area contributed by atoms with E-state index in [1.54, 1.807) is 66.7 Å². The van der Waals surface area contributed by atoms with E-state index in [9.17, 15) is 63.0 Å². The van der Waals surface area contributed by atoms with Crippen LogP contribution in [0.1, 0.15) is 73.9 Å². The summed E-state index contributed by atoms with van der Waals surface area (Å²) in [7, 11) is 0. The maximum atomic E-state index is 15.0. The molecular formula is C69H92N16O13. The summed E-state index contributed by atoms with van der Waals surface area (Å²) in [5.41, 5.74) is 34.6. The van der Waals surface area contributed by atoms with Crippen LogP contribution in [-0.2, 0) is 60.8 Å². The largest absolute Gasteiger partial charge is 0.391 e. The fourth-order valence-corrected chi connectivity index (χ4v) is 10.8. The van der Waals surface area contributed by atoms with Crippen molar-refractivity contribution in [3.8, 4) is 22.3 Å². The minimum Gasteiger partial charge on any atom is -0.391 e. The molecule has 5 aromatic carbocycles. The van der Waals surface area contributed by atoms with Crippen molar-refractivity contribution >= 4 is 65.0 Å². The molecular weight excluding hydrogens is 1260 g/mol. The van der Waals surface area contributed by atoms with Gasteiger partial charge in [-0.15, -0.1) is 0 Å². The minimum atomic E-state index is -1.77. The lowest BCUT2D eigenvalue weighted by atomic mass is 9.99. The SMILES string of the molecule is C[C@@H](O)[C@@H]1NC(=O)[C@H](CCN)NC(=O)[C@H](CCN)NC(=O)[C@H](Cc2ccccc2)NC(=O)[C@@H](Cc2ccc(-c3ccccc3)cc2)NC(=O)[C@H](CCN)NC(=O)[C@@H](NC(=O)[C@H](CCN)NC(=O)[C@@H](NC(=O)[C@H](CCN)NC(=O)c2ccc(-c3ccccc3)cc2)[C@@H](C)O)CCNC1=O. The minimum absolute atomic E-state index is 0.0871. The van der Waals surface area contributed by atoms with Gasteiger partial charge in [-0.05, 0) is 131 Å². The second-order valence-electron chi connectivity index (χ2n) is 23.8. The number of nitrogens with two attached hydrogens (primary N) is 5. The van der Waals surface area contributed by atoms with Gasteiger partial charge < -0.3 is 97.4 Å². The Morgan fingerprint density at radius 3 is 1.29 bits per heavy atom. The summed E-state index contributed by atoms with van der Waals surface area (Å²) < 4.78 is 0. The van der Waals surface area contributed by atoms with E-state index in [0.29, 0.717) is 11.1 Å². The molecule has 29 heteroatoms. The van der Waals surface area contributed by atoms with E-state index < -0.39 is 151 Å². The maximum absolute atomic E-state index is 15.0. The zero-order valence-corrected chi connectivity index (χ0v) is 54.9. The van der Waals surface area contributed by atoms with Gasteiger partial charge in [0.25, 0.3) is 5.91 Å². The van der Waals surface area contributed by atoms with Crippen LogP contribution in [0.5, 0.6) is 0 Å². The van der Waals surface area contributed by atoms with Crippen molar-refractivity contribution in [3.05, 3.63) is 156 Å². The topological polar surface area (TPSA) is 491 Å². The summed E-state index contributed by atoms with van der Waals surface area (Å²) in [5, 5.41) is 50.2. The number of benzene rings is 5. The summed E-state index contributed by atoms with van der Waals surface area (Å²) in [6.07, 6.45) is -5.08. The normalized spacial score (nSPS) is 20.9. The molecule has 1 heterocycles. The number of carbonyl (C=O) groups excluding carboxylic acids is 11. The van der Waals surface area contributed by atoms with E-state index >= 15 is 0 Å². The van der Waals surface area contributed by atoms with Crippen LogP contribution in [0.4, 0.5) is 0 Å². The van der Waals surface area contributed by atoms with Crippen molar-refractivity contribution in [1.82, 2.24) is 58.5 Å². The van der Waals surface area contributed by atoms with Gasteiger partial charge in [0, 0.05) is 24.9 Å². The zero-order valence-electron chi connectivity index (χ0n) is 54.9. The second-order valence-corrected chi connectivity index (χ2v) is 23.8.